The van der Waals surface area contributed by atoms with E-state index in [0.29, 0.717) is 30.1 Å². The fourth-order valence-electron chi connectivity index (χ4n) is 5.30. The molecule has 31 heavy (non-hydrogen) atoms. The molecule has 6 atom stereocenters. The number of rotatable bonds is 5. The molecule has 0 bridgehead atoms. The first-order chi connectivity index (χ1) is 14.8. The molecule has 1 aliphatic carbocycles. The molecule has 0 aromatic heterocycles. The number of piperidine rings is 1. The van der Waals surface area contributed by atoms with Gasteiger partial charge < -0.3 is 15.7 Å². The highest BCUT2D eigenvalue weighted by Gasteiger charge is 2.52. The quantitative estimate of drug-likeness (QED) is 0.519. The summed E-state index contributed by atoms with van der Waals surface area (Å²) in [6.45, 7) is 2.11. The Morgan fingerprint density at radius 1 is 1.35 bits per heavy atom. The van der Waals surface area contributed by atoms with Crippen molar-refractivity contribution in [2.45, 2.75) is 67.1 Å². The fraction of sp³-hybridized carbons (Fsp3) is 0.619. The fourth-order valence-corrected chi connectivity index (χ4v) is 6.95. The number of fused-ring (bicyclic) bond motifs is 2. The number of nitriles is 1. The van der Waals surface area contributed by atoms with E-state index in [4.69, 9.17) is 0 Å². The molecule has 1 amide bonds. The number of hydrogen-bond donors (Lipinski definition) is 4. The third-order valence-corrected chi connectivity index (χ3v) is 9.40. The van der Waals surface area contributed by atoms with Gasteiger partial charge in [-0.15, -0.1) is 0 Å². The second kappa shape index (κ2) is 7.45. The lowest BCUT2D eigenvalue weighted by Crippen LogP contribution is -2.52. The Morgan fingerprint density at radius 2 is 2.13 bits per heavy atom. The molecule has 3 heterocycles. The van der Waals surface area contributed by atoms with Gasteiger partial charge in [-0.25, -0.2) is 18.9 Å². The molecule has 1 aromatic carbocycles. The third kappa shape index (κ3) is 3.31. The number of anilines is 1. The number of nitrogens with zero attached hydrogens (tertiary/aromatic N) is 2. The van der Waals surface area contributed by atoms with Crippen molar-refractivity contribution in [3.63, 3.8) is 0 Å². The minimum Gasteiger partial charge on any atom is -0.387 e. The maximum absolute atomic E-state index is 12.8. The minimum atomic E-state index is -3.53. The molecule has 1 aromatic rings. The zero-order valence-electron chi connectivity index (χ0n) is 17.3. The first-order valence-corrected chi connectivity index (χ1v) is 12.4. The van der Waals surface area contributed by atoms with Gasteiger partial charge in [0.05, 0.1) is 34.7 Å². The van der Waals surface area contributed by atoms with Crippen LogP contribution < -0.4 is 16.1 Å². The molecular formula is C21H27N5O4S. The van der Waals surface area contributed by atoms with Crippen molar-refractivity contribution in [2.75, 3.05) is 11.9 Å². The Bertz CT molecular complexity index is 1050. The van der Waals surface area contributed by atoms with Crippen LogP contribution in [-0.2, 0) is 14.6 Å². The first kappa shape index (κ1) is 20.7. The van der Waals surface area contributed by atoms with Gasteiger partial charge in [-0.3, -0.25) is 4.79 Å². The molecule has 4 N–H and O–H groups in total. The van der Waals surface area contributed by atoms with Crippen molar-refractivity contribution in [3.8, 4) is 6.07 Å². The van der Waals surface area contributed by atoms with Crippen molar-refractivity contribution in [1.29, 1.82) is 5.26 Å². The van der Waals surface area contributed by atoms with E-state index >= 15 is 0 Å². The molecule has 0 spiro atoms. The van der Waals surface area contributed by atoms with E-state index in [9.17, 15) is 23.6 Å². The van der Waals surface area contributed by atoms with Crippen LogP contribution >= 0.6 is 0 Å². The molecule has 5 rings (SSSR count). The van der Waals surface area contributed by atoms with E-state index in [1.54, 1.807) is 12.1 Å². The summed E-state index contributed by atoms with van der Waals surface area (Å²) in [5.74, 6) is 0.0977. The lowest BCUT2D eigenvalue weighted by atomic mass is 9.90. The predicted octanol–water partition coefficient (Wildman–Crippen LogP) is 0.651. The average molecular weight is 446 g/mol. The van der Waals surface area contributed by atoms with Crippen LogP contribution in [0.5, 0.6) is 0 Å². The Kier molecular flexibility index (Phi) is 4.97. The van der Waals surface area contributed by atoms with E-state index in [-0.39, 0.29) is 28.8 Å². The minimum absolute atomic E-state index is 0.00869. The number of hydrogen-bond acceptors (Lipinski definition) is 8. The number of amides is 1. The molecule has 9 nitrogen and oxygen atoms in total. The van der Waals surface area contributed by atoms with Crippen LogP contribution in [0.4, 0.5) is 5.69 Å². The Balaban J connectivity index is 1.43. The highest BCUT2D eigenvalue weighted by molar-refractivity contribution is 7.92. The summed E-state index contributed by atoms with van der Waals surface area (Å²) in [6, 6.07) is 7.22. The largest absolute Gasteiger partial charge is 0.387 e. The van der Waals surface area contributed by atoms with E-state index in [1.807, 2.05) is 0 Å². The molecule has 4 aliphatic rings. The zero-order valence-corrected chi connectivity index (χ0v) is 18.1. The van der Waals surface area contributed by atoms with Crippen LogP contribution in [0.1, 0.15) is 44.3 Å². The van der Waals surface area contributed by atoms with Crippen molar-refractivity contribution < 1.29 is 18.3 Å². The standard InChI is InChI=1S/C21H27N5O4S/c1-11-19(27)14-10-13(4-5-17(14)31(11,29)30)24-20-18-16(7-9-23-21(18)28)26(25-20)15(6-8-22)12-2-3-12/h4-5,10-12,15-16,18-20,24-25,27H,2-3,6-7,9H2,1H3,(H,23,28)/t11-,15-,16?,18?,19+,20?/m0/s1. The SMILES string of the molecule is C[C@H]1[C@@H](O)c2cc(NC3NN([C@@H](CC#N)C4CC4)C4CCNC(=O)C34)ccc2S1(=O)=O. The van der Waals surface area contributed by atoms with Gasteiger partial charge in [0.25, 0.3) is 0 Å². The van der Waals surface area contributed by atoms with Gasteiger partial charge in [-0.2, -0.15) is 5.26 Å². The number of benzene rings is 1. The molecular weight excluding hydrogens is 418 g/mol. The highest BCUT2D eigenvalue weighted by Crippen LogP contribution is 2.42. The van der Waals surface area contributed by atoms with Gasteiger partial charge >= 0.3 is 0 Å². The van der Waals surface area contributed by atoms with Gasteiger partial charge in [0.1, 0.15) is 6.17 Å². The molecule has 3 unspecified atom stereocenters. The van der Waals surface area contributed by atoms with Crippen LogP contribution in [0, 0.1) is 23.2 Å². The first-order valence-electron chi connectivity index (χ1n) is 10.8. The summed E-state index contributed by atoms with van der Waals surface area (Å²) in [5.41, 5.74) is 4.48. The molecule has 10 heteroatoms. The predicted molar refractivity (Wildman–Crippen MR) is 112 cm³/mol. The average Bonchev–Trinajstić information content (AvgIpc) is 3.50. The Morgan fingerprint density at radius 3 is 2.84 bits per heavy atom. The normalized spacial score (nSPS) is 35.0. The van der Waals surface area contributed by atoms with E-state index in [2.05, 4.69) is 27.1 Å². The number of hydrazine groups is 1. The van der Waals surface area contributed by atoms with Crippen molar-refractivity contribution >= 4 is 21.4 Å². The topological polar surface area (TPSA) is 135 Å². The highest BCUT2D eigenvalue weighted by atomic mass is 32.2. The molecule has 3 aliphatic heterocycles. The molecule has 166 valence electrons. The smallest absolute Gasteiger partial charge is 0.228 e. The van der Waals surface area contributed by atoms with Crippen LogP contribution in [0.2, 0.25) is 0 Å². The van der Waals surface area contributed by atoms with E-state index in [1.165, 1.54) is 13.0 Å². The summed E-state index contributed by atoms with van der Waals surface area (Å²) in [7, 11) is -3.53. The van der Waals surface area contributed by atoms with Crippen LogP contribution in [-0.4, -0.2) is 54.5 Å². The van der Waals surface area contributed by atoms with Crippen LogP contribution in [0.15, 0.2) is 23.1 Å². The second-order valence-electron chi connectivity index (χ2n) is 9.05. The summed E-state index contributed by atoms with van der Waals surface area (Å²) in [6.07, 6.45) is 1.94. The Labute approximate surface area is 181 Å². The number of sulfone groups is 1. The summed E-state index contributed by atoms with van der Waals surface area (Å²) >= 11 is 0. The maximum Gasteiger partial charge on any atom is 0.228 e. The molecule has 2 saturated heterocycles. The summed E-state index contributed by atoms with van der Waals surface area (Å²) in [5, 5.41) is 27.3. The van der Waals surface area contributed by atoms with Crippen molar-refractivity contribution in [1.82, 2.24) is 15.8 Å². The lowest BCUT2D eigenvalue weighted by molar-refractivity contribution is -0.128. The van der Waals surface area contributed by atoms with E-state index < -0.39 is 27.4 Å². The van der Waals surface area contributed by atoms with Gasteiger partial charge in [0, 0.05) is 29.9 Å². The van der Waals surface area contributed by atoms with Gasteiger partial charge in [0.2, 0.25) is 5.91 Å². The summed E-state index contributed by atoms with van der Waals surface area (Å²) in [4.78, 5) is 12.9. The van der Waals surface area contributed by atoms with Crippen LogP contribution in [0.3, 0.4) is 0 Å². The molecule has 0 radical (unpaired) electrons. The molecule has 3 fully saturated rings. The van der Waals surface area contributed by atoms with Gasteiger partial charge in [-0.1, -0.05) is 0 Å². The third-order valence-electron chi connectivity index (χ3n) is 7.18. The van der Waals surface area contributed by atoms with Crippen molar-refractivity contribution in [3.05, 3.63) is 23.8 Å². The zero-order chi connectivity index (χ0) is 21.9. The lowest BCUT2D eigenvalue weighted by Gasteiger charge is -2.34. The van der Waals surface area contributed by atoms with Gasteiger partial charge in [0.15, 0.2) is 9.84 Å². The number of aliphatic hydroxyl groups is 1. The molecule has 1 saturated carbocycles. The summed E-state index contributed by atoms with van der Waals surface area (Å²) < 4.78 is 24.9. The van der Waals surface area contributed by atoms with Crippen molar-refractivity contribution in [2.24, 2.45) is 11.8 Å². The number of aliphatic hydroxyl groups excluding tert-OH is 1. The number of carbonyl (C=O) groups excluding carboxylic acids is 1. The van der Waals surface area contributed by atoms with E-state index in [0.717, 1.165) is 19.3 Å². The monoisotopic (exact) mass is 445 g/mol. The second-order valence-corrected chi connectivity index (χ2v) is 11.3. The maximum atomic E-state index is 12.8. The number of nitrogens with one attached hydrogen (secondary N) is 3. The number of carbonyl (C=O) groups is 1. The Hall–Kier alpha value is -2.19. The van der Waals surface area contributed by atoms with Gasteiger partial charge in [-0.05, 0) is 50.3 Å². The van der Waals surface area contributed by atoms with Crippen LogP contribution in [0.25, 0.3) is 0 Å².